The Morgan fingerprint density at radius 3 is 2.33 bits per heavy atom. The molecule has 1 nitrogen and oxygen atoms in total. The van der Waals surface area contributed by atoms with Crippen LogP contribution >= 0.6 is 31.9 Å². The molecule has 2 aliphatic rings. The van der Waals surface area contributed by atoms with Crippen LogP contribution in [-0.4, -0.2) is 20.4 Å². The number of hydrogen-bond acceptors (Lipinski definition) is 1. The Kier molecular flexibility index (Phi) is 3.84. The highest BCUT2D eigenvalue weighted by atomic mass is 79.9. The molecule has 3 heteroatoms. The summed E-state index contributed by atoms with van der Waals surface area (Å²) in [6.07, 6.45) is 5.19. The first-order valence-electron chi connectivity index (χ1n) is 6.82. The minimum absolute atomic E-state index is 0.160. The second-order valence-electron chi connectivity index (χ2n) is 6.94. The van der Waals surface area contributed by atoms with Crippen LogP contribution in [0.3, 0.4) is 0 Å². The summed E-state index contributed by atoms with van der Waals surface area (Å²) < 4.78 is 0. The van der Waals surface area contributed by atoms with Crippen LogP contribution in [0.4, 0.5) is 0 Å². The van der Waals surface area contributed by atoms with Crippen molar-refractivity contribution in [1.29, 1.82) is 0 Å². The summed E-state index contributed by atoms with van der Waals surface area (Å²) in [5.41, 5.74) is 1.17. The van der Waals surface area contributed by atoms with Gasteiger partial charge in [0, 0.05) is 9.65 Å². The molecule has 0 aromatic carbocycles. The van der Waals surface area contributed by atoms with Crippen molar-refractivity contribution < 1.29 is 5.11 Å². The zero-order chi connectivity index (χ0) is 13.8. The summed E-state index contributed by atoms with van der Waals surface area (Å²) >= 11 is 7.59. The van der Waals surface area contributed by atoms with Crippen LogP contribution in [0.1, 0.15) is 52.9 Å². The number of alkyl halides is 2. The topological polar surface area (TPSA) is 20.2 Å². The van der Waals surface area contributed by atoms with E-state index < -0.39 is 5.60 Å². The lowest BCUT2D eigenvalue weighted by Gasteiger charge is -2.59. The Balaban J connectivity index is 2.37. The third kappa shape index (κ3) is 2.05. The number of hydrogen-bond donors (Lipinski definition) is 1. The number of halogens is 2. The zero-order valence-corrected chi connectivity index (χ0v) is 14.8. The first-order chi connectivity index (χ1) is 8.13. The third-order valence-corrected chi connectivity index (χ3v) is 8.57. The SMILES string of the molecule is C=C1CC[C@H](Br)C(C)(C)C12CC[C@@](C)(O)[C@H](Br)C2. The molecule has 2 saturated carbocycles. The molecule has 18 heavy (non-hydrogen) atoms. The van der Waals surface area contributed by atoms with E-state index in [9.17, 15) is 5.11 Å². The van der Waals surface area contributed by atoms with Crippen molar-refractivity contribution in [2.45, 2.75) is 68.1 Å². The Hall–Kier alpha value is 0.660. The van der Waals surface area contributed by atoms with Gasteiger partial charge in [-0.3, -0.25) is 0 Å². The fourth-order valence-electron chi connectivity index (χ4n) is 3.81. The fraction of sp³-hybridized carbons (Fsp3) is 0.867. The van der Waals surface area contributed by atoms with Gasteiger partial charge >= 0.3 is 0 Å². The second kappa shape index (κ2) is 4.60. The van der Waals surface area contributed by atoms with Crippen LogP contribution in [0.2, 0.25) is 0 Å². The minimum Gasteiger partial charge on any atom is -0.389 e. The quantitative estimate of drug-likeness (QED) is 0.472. The maximum atomic E-state index is 10.4. The van der Waals surface area contributed by atoms with Gasteiger partial charge in [0.15, 0.2) is 0 Å². The third-order valence-electron chi connectivity index (χ3n) is 5.65. The predicted octanol–water partition coefficient (Wildman–Crippen LogP) is 4.81. The highest BCUT2D eigenvalue weighted by Crippen LogP contribution is 2.63. The average molecular weight is 380 g/mol. The predicted molar refractivity (Wildman–Crippen MR) is 84.5 cm³/mol. The highest BCUT2D eigenvalue weighted by Gasteiger charge is 2.57. The van der Waals surface area contributed by atoms with E-state index in [0.29, 0.717) is 4.83 Å². The van der Waals surface area contributed by atoms with Gasteiger partial charge in [-0.1, -0.05) is 57.9 Å². The van der Waals surface area contributed by atoms with E-state index in [4.69, 9.17) is 0 Å². The summed E-state index contributed by atoms with van der Waals surface area (Å²) in [6, 6.07) is 0. The summed E-state index contributed by atoms with van der Waals surface area (Å²) in [5.74, 6) is 0. The molecule has 0 heterocycles. The summed E-state index contributed by atoms with van der Waals surface area (Å²) in [5, 5.41) is 10.4. The van der Waals surface area contributed by atoms with Crippen molar-refractivity contribution in [3.05, 3.63) is 12.2 Å². The van der Waals surface area contributed by atoms with Gasteiger partial charge in [0.25, 0.3) is 0 Å². The van der Waals surface area contributed by atoms with E-state index in [1.54, 1.807) is 0 Å². The van der Waals surface area contributed by atoms with Crippen LogP contribution in [-0.2, 0) is 0 Å². The molecular formula is C15H24Br2O. The molecule has 2 rings (SSSR count). The van der Waals surface area contributed by atoms with Crippen LogP contribution in [0, 0.1) is 10.8 Å². The normalized spacial score (nSPS) is 48.4. The van der Waals surface area contributed by atoms with Gasteiger partial charge in [0.2, 0.25) is 0 Å². The Morgan fingerprint density at radius 1 is 1.17 bits per heavy atom. The van der Waals surface area contributed by atoms with E-state index in [-0.39, 0.29) is 15.7 Å². The first kappa shape index (κ1) is 15.1. The highest BCUT2D eigenvalue weighted by molar-refractivity contribution is 9.09. The molecule has 104 valence electrons. The molecule has 2 fully saturated rings. The Bertz CT molecular complexity index is 362. The number of rotatable bonds is 0. The fourth-order valence-corrected chi connectivity index (χ4v) is 5.26. The standard InChI is InChI=1S/C15H24Br2O/c1-10-5-6-11(16)13(2,3)15(10)8-7-14(4,18)12(17)9-15/h11-12,18H,1,5-9H2,2-4H3/t11-,12+,14+,15?/m0/s1. The van der Waals surface area contributed by atoms with E-state index in [1.807, 2.05) is 6.92 Å². The van der Waals surface area contributed by atoms with E-state index >= 15 is 0 Å². The molecule has 0 saturated heterocycles. The molecule has 1 spiro atoms. The van der Waals surface area contributed by atoms with Gasteiger partial charge in [-0.15, -0.1) is 0 Å². The molecule has 4 atom stereocenters. The smallest absolute Gasteiger partial charge is 0.0744 e. The summed E-state index contributed by atoms with van der Waals surface area (Å²) in [7, 11) is 0. The van der Waals surface area contributed by atoms with Crippen molar-refractivity contribution in [2.24, 2.45) is 10.8 Å². The van der Waals surface area contributed by atoms with Crippen LogP contribution in [0.15, 0.2) is 12.2 Å². The van der Waals surface area contributed by atoms with Gasteiger partial charge in [-0.25, -0.2) is 0 Å². The minimum atomic E-state index is -0.582. The average Bonchev–Trinajstić information content (AvgIpc) is 2.27. The van der Waals surface area contributed by atoms with Crippen molar-refractivity contribution in [2.75, 3.05) is 0 Å². The maximum Gasteiger partial charge on any atom is 0.0744 e. The van der Waals surface area contributed by atoms with Crippen molar-refractivity contribution in [3.8, 4) is 0 Å². The molecule has 0 aliphatic heterocycles. The van der Waals surface area contributed by atoms with Crippen molar-refractivity contribution in [1.82, 2.24) is 0 Å². The van der Waals surface area contributed by atoms with Crippen LogP contribution in [0.5, 0.6) is 0 Å². The molecule has 0 radical (unpaired) electrons. The second-order valence-corrected chi connectivity index (χ2v) is 9.15. The van der Waals surface area contributed by atoms with Gasteiger partial charge in [-0.05, 0) is 49.9 Å². The van der Waals surface area contributed by atoms with Gasteiger partial charge in [0.05, 0.1) is 5.60 Å². The lowest BCUT2D eigenvalue weighted by atomic mass is 9.49. The molecule has 2 aliphatic carbocycles. The molecular weight excluding hydrogens is 356 g/mol. The molecule has 0 aromatic rings. The van der Waals surface area contributed by atoms with Crippen LogP contribution in [0.25, 0.3) is 0 Å². The lowest BCUT2D eigenvalue weighted by molar-refractivity contribution is -0.0471. The summed E-state index contributed by atoms with van der Waals surface area (Å²) in [6.45, 7) is 11.0. The Morgan fingerprint density at radius 2 is 1.78 bits per heavy atom. The maximum absolute atomic E-state index is 10.4. The largest absolute Gasteiger partial charge is 0.389 e. The van der Waals surface area contributed by atoms with Crippen molar-refractivity contribution >= 4 is 31.9 Å². The number of allylic oxidation sites excluding steroid dienone is 1. The lowest BCUT2D eigenvalue weighted by Crippen LogP contribution is -2.55. The molecule has 0 bridgehead atoms. The monoisotopic (exact) mass is 378 g/mol. The van der Waals surface area contributed by atoms with E-state index in [1.165, 1.54) is 12.0 Å². The zero-order valence-electron chi connectivity index (χ0n) is 11.6. The molecule has 1 unspecified atom stereocenters. The van der Waals surface area contributed by atoms with Crippen LogP contribution < -0.4 is 0 Å². The summed E-state index contributed by atoms with van der Waals surface area (Å²) in [4.78, 5) is 0.700. The van der Waals surface area contributed by atoms with E-state index in [2.05, 4.69) is 52.3 Å². The first-order valence-corrected chi connectivity index (χ1v) is 8.65. The Labute approximate surface area is 128 Å². The van der Waals surface area contributed by atoms with Gasteiger partial charge in [0.1, 0.15) is 0 Å². The number of aliphatic hydroxyl groups is 1. The van der Waals surface area contributed by atoms with Crippen molar-refractivity contribution in [3.63, 3.8) is 0 Å². The molecule has 1 N–H and O–H groups in total. The van der Waals surface area contributed by atoms with Gasteiger partial charge in [-0.2, -0.15) is 0 Å². The van der Waals surface area contributed by atoms with Gasteiger partial charge < -0.3 is 5.11 Å². The molecule has 0 amide bonds. The molecule has 0 aromatic heterocycles. The van der Waals surface area contributed by atoms with E-state index in [0.717, 1.165) is 25.7 Å².